The minimum atomic E-state index is 0.267. The highest BCUT2D eigenvalue weighted by Gasteiger charge is 2.09. The molecule has 0 saturated heterocycles. The molecule has 0 aliphatic heterocycles. The second-order valence-corrected chi connectivity index (χ2v) is 4.97. The van der Waals surface area contributed by atoms with Gasteiger partial charge in [-0.3, -0.25) is 5.41 Å². The van der Waals surface area contributed by atoms with Crippen LogP contribution in [-0.2, 0) is 12.8 Å². The Morgan fingerprint density at radius 1 is 1.17 bits per heavy atom. The van der Waals surface area contributed by atoms with E-state index in [9.17, 15) is 0 Å². The molecule has 0 amide bonds. The van der Waals surface area contributed by atoms with Crippen LogP contribution in [0.25, 0.3) is 0 Å². The SMILES string of the molecule is N=C(N)CCCCOc1ccc2c(c1)CCCC2. The molecule has 0 heterocycles. The summed E-state index contributed by atoms with van der Waals surface area (Å²) in [7, 11) is 0. The normalized spacial score (nSPS) is 14.0. The summed E-state index contributed by atoms with van der Waals surface area (Å²) >= 11 is 0. The highest BCUT2D eigenvalue weighted by molar-refractivity contribution is 5.76. The Morgan fingerprint density at radius 2 is 1.94 bits per heavy atom. The van der Waals surface area contributed by atoms with Crippen LogP contribution in [-0.4, -0.2) is 12.4 Å². The van der Waals surface area contributed by atoms with Gasteiger partial charge in [0.2, 0.25) is 0 Å². The van der Waals surface area contributed by atoms with Crippen LogP contribution in [0.1, 0.15) is 43.2 Å². The molecule has 0 spiro atoms. The molecule has 1 aromatic rings. The lowest BCUT2D eigenvalue weighted by atomic mass is 9.92. The van der Waals surface area contributed by atoms with Crippen molar-refractivity contribution < 1.29 is 4.74 Å². The molecule has 0 unspecified atom stereocenters. The largest absolute Gasteiger partial charge is 0.494 e. The van der Waals surface area contributed by atoms with Gasteiger partial charge in [0.15, 0.2) is 0 Å². The van der Waals surface area contributed by atoms with Gasteiger partial charge in [0.05, 0.1) is 12.4 Å². The smallest absolute Gasteiger partial charge is 0.119 e. The van der Waals surface area contributed by atoms with Gasteiger partial charge in [-0.2, -0.15) is 0 Å². The van der Waals surface area contributed by atoms with Gasteiger partial charge < -0.3 is 10.5 Å². The van der Waals surface area contributed by atoms with Crippen LogP contribution in [0.4, 0.5) is 0 Å². The lowest BCUT2D eigenvalue weighted by molar-refractivity contribution is 0.307. The van der Waals surface area contributed by atoms with Crippen LogP contribution in [0, 0.1) is 5.41 Å². The third-order valence-corrected chi connectivity index (χ3v) is 3.43. The highest BCUT2D eigenvalue weighted by atomic mass is 16.5. The molecule has 2 rings (SSSR count). The average molecular weight is 246 g/mol. The molecule has 0 fully saturated rings. The van der Waals surface area contributed by atoms with Gasteiger partial charge in [0.25, 0.3) is 0 Å². The number of nitrogens with two attached hydrogens (primary N) is 1. The number of aryl methyl sites for hydroxylation is 2. The zero-order chi connectivity index (χ0) is 12.8. The fraction of sp³-hybridized carbons (Fsp3) is 0.533. The molecule has 3 nitrogen and oxygen atoms in total. The van der Waals surface area contributed by atoms with Crippen molar-refractivity contribution in [1.29, 1.82) is 5.41 Å². The van der Waals surface area contributed by atoms with Crippen molar-refractivity contribution in [2.24, 2.45) is 5.73 Å². The van der Waals surface area contributed by atoms with Crippen molar-refractivity contribution in [1.82, 2.24) is 0 Å². The topological polar surface area (TPSA) is 59.1 Å². The maximum atomic E-state index is 7.14. The molecular weight excluding hydrogens is 224 g/mol. The summed E-state index contributed by atoms with van der Waals surface area (Å²) in [5.41, 5.74) is 8.26. The number of hydrogen-bond donors (Lipinski definition) is 2. The summed E-state index contributed by atoms with van der Waals surface area (Å²) in [4.78, 5) is 0. The first-order valence-electron chi connectivity index (χ1n) is 6.83. The third-order valence-electron chi connectivity index (χ3n) is 3.43. The van der Waals surface area contributed by atoms with E-state index in [2.05, 4.69) is 18.2 Å². The Bertz CT molecular complexity index is 415. The summed E-state index contributed by atoms with van der Waals surface area (Å²) in [6.45, 7) is 0.714. The van der Waals surface area contributed by atoms with Crippen LogP contribution < -0.4 is 10.5 Å². The van der Waals surface area contributed by atoms with Gasteiger partial charge in [-0.25, -0.2) is 0 Å². The predicted octanol–water partition coefficient (Wildman–Crippen LogP) is 3.05. The monoisotopic (exact) mass is 246 g/mol. The van der Waals surface area contributed by atoms with E-state index >= 15 is 0 Å². The second kappa shape index (κ2) is 6.43. The molecule has 3 N–H and O–H groups in total. The number of rotatable bonds is 6. The van der Waals surface area contributed by atoms with Crippen molar-refractivity contribution in [2.75, 3.05) is 6.61 Å². The first kappa shape index (κ1) is 12.9. The second-order valence-electron chi connectivity index (χ2n) is 4.97. The number of nitrogens with one attached hydrogen (secondary N) is 1. The Labute approximate surface area is 109 Å². The van der Waals surface area contributed by atoms with Gasteiger partial charge in [-0.1, -0.05) is 6.07 Å². The summed E-state index contributed by atoms with van der Waals surface area (Å²) in [5.74, 6) is 1.25. The van der Waals surface area contributed by atoms with Gasteiger partial charge in [0.1, 0.15) is 5.75 Å². The van der Waals surface area contributed by atoms with Crippen LogP contribution in [0.3, 0.4) is 0 Å². The molecule has 1 aliphatic rings. The lowest BCUT2D eigenvalue weighted by Gasteiger charge is -2.16. The Hall–Kier alpha value is -1.51. The van der Waals surface area contributed by atoms with Gasteiger partial charge in [0, 0.05) is 6.42 Å². The molecule has 0 bridgehead atoms. The Morgan fingerprint density at radius 3 is 2.72 bits per heavy atom. The maximum Gasteiger partial charge on any atom is 0.119 e. The molecule has 0 radical (unpaired) electrons. The number of fused-ring (bicyclic) bond motifs is 1. The molecule has 18 heavy (non-hydrogen) atoms. The zero-order valence-electron chi connectivity index (χ0n) is 10.9. The van der Waals surface area contributed by atoms with Crippen LogP contribution in [0.2, 0.25) is 0 Å². The summed E-state index contributed by atoms with van der Waals surface area (Å²) in [5, 5.41) is 7.14. The number of hydrogen-bond acceptors (Lipinski definition) is 2. The van der Waals surface area contributed by atoms with E-state index in [1.807, 2.05) is 0 Å². The minimum Gasteiger partial charge on any atom is -0.494 e. The first-order chi connectivity index (χ1) is 8.75. The molecule has 0 atom stereocenters. The Kier molecular flexibility index (Phi) is 4.62. The molecule has 1 aliphatic carbocycles. The van der Waals surface area contributed by atoms with E-state index in [1.54, 1.807) is 0 Å². The van der Waals surface area contributed by atoms with E-state index < -0.39 is 0 Å². The molecule has 0 saturated carbocycles. The fourth-order valence-electron chi connectivity index (χ4n) is 2.41. The highest BCUT2D eigenvalue weighted by Crippen LogP contribution is 2.25. The van der Waals surface area contributed by atoms with E-state index in [0.717, 1.165) is 18.6 Å². The van der Waals surface area contributed by atoms with Crippen molar-refractivity contribution in [3.05, 3.63) is 29.3 Å². The molecule has 3 heteroatoms. The van der Waals surface area contributed by atoms with Crippen molar-refractivity contribution >= 4 is 5.84 Å². The summed E-state index contributed by atoms with van der Waals surface area (Å²) in [6.07, 6.45) is 7.59. The standard InChI is InChI=1S/C15H22N2O/c16-15(17)7-3-4-10-18-14-9-8-12-5-1-2-6-13(12)11-14/h8-9,11H,1-7,10H2,(H3,16,17). The van der Waals surface area contributed by atoms with E-state index in [-0.39, 0.29) is 5.84 Å². The van der Waals surface area contributed by atoms with E-state index in [0.29, 0.717) is 13.0 Å². The van der Waals surface area contributed by atoms with Crippen molar-refractivity contribution in [3.63, 3.8) is 0 Å². The number of benzene rings is 1. The average Bonchev–Trinajstić information content (AvgIpc) is 2.38. The van der Waals surface area contributed by atoms with Crippen LogP contribution in [0.5, 0.6) is 5.75 Å². The fourth-order valence-corrected chi connectivity index (χ4v) is 2.41. The van der Waals surface area contributed by atoms with Gasteiger partial charge >= 0.3 is 0 Å². The van der Waals surface area contributed by atoms with Crippen molar-refractivity contribution in [2.45, 2.75) is 44.9 Å². The zero-order valence-corrected chi connectivity index (χ0v) is 10.9. The van der Waals surface area contributed by atoms with Crippen LogP contribution >= 0.6 is 0 Å². The molecule has 98 valence electrons. The first-order valence-corrected chi connectivity index (χ1v) is 6.83. The number of ether oxygens (including phenoxy) is 1. The quantitative estimate of drug-likeness (QED) is 0.460. The number of amidine groups is 1. The molecule has 0 aromatic heterocycles. The molecule has 1 aromatic carbocycles. The third kappa shape index (κ3) is 3.76. The van der Waals surface area contributed by atoms with E-state index in [1.165, 1.54) is 36.8 Å². The Balaban J connectivity index is 1.77. The number of unbranched alkanes of at least 4 members (excludes halogenated alkanes) is 1. The van der Waals surface area contributed by atoms with Crippen molar-refractivity contribution in [3.8, 4) is 5.75 Å². The molecular formula is C15H22N2O. The van der Waals surface area contributed by atoms with E-state index in [4.69, 9.17) is 15.9 Å². The van der Waals surface area contributed by atoms with Gasteiger partial charge in [-0.05, 0) is 61.8 Å². The maximum absolute atomic E-state index is 7.14. The summed E-state index contributed by atoms with van der Waals surface area (Å²) < 4.78 is 5.74. The lowest BCUT2D eigenvalue weighted by Crippen LogP contribution is -2.09. The van der Waals surface area contributed by atoms with Crippen LogP contribution in [0.15, 0.2) is 18.2 Å². The predicted molar refractivity (Wildman–Crippen MR) is 74.3 cm³/mol. The summed E-state index contributed by atoms with van der Waals surface area (Å²) in [6, 6.07) is 6.48. The van der Waals surface area contributed by atoms with Gasteiger partial charge in [-0.15, -0.1) is 0 Å². The minimum absolute atomic E-state index is 0.267.